The van der Waals surface area contributed by atoms with Gasteiger partial charge in [-0.05, 0) is 0 Å². The van der Waals surface area contributed by atoms with Crippen LogP contribution < -0.4 is 0 Å². The van der Waals surface area contributed by atoms with Gasteiger partial charge in [-0.1, -0.05) is 0 Å². The highest BCUT2D eigenvalue weighted by Gasteiger charge is 1.83. The van der Waals surface area contributed by atoms with E-state index in [1.807, 2.05) is 0 Å². The van der Waals surface area contributed by atoms with Crippen molar-refractivity contribution in [2.45, 2.75) is 6.29 Å². The Morgan fingerprint density at radius 2 is 1.80 bits per heavy atom. The SMILES string of the molecule is O=CC(O)O. The van der Waals surface area contributed by atoms with Gasteiger partial charge >= 0.3 is 0 Å². The van der Waals surface area contributed by atoms with Gasteiger partial charge < -0.3 is 10.2 Å². The van der Waals surface area contributed by atoms with Crippen LogP contribution in [-0.2, 0) is 4.79 Å². The highest BCUT2D eigenvalue weighted by molar-refractivity contribution is 5.52. The molecule has 0 heterocycles. The van der Waals surface area contributed by atoms with Gasteiger partial charge in [-0.2, -0.15) is 0 Å². The van der Waals surface area contributed by atoms with Gasteiger partial charge in [0.1, 0.15) is 0 Å². The zero-order valence-corrected chi connectivity index (χ0v) is 2.46. The Hall–Kier alpha value is -0.410. The van der Waals surface area contributed by atoms with E-state index in [0.717, 1.165) is 0 Å². The maximum absolute atomic E-state index is 9.00. The highest BCUT2D eigenvalue weighted by Crippen LogP contribution is 1.54. The first-order valence-corrected chi connectivity index (χ1v) is 1.09. The van der Waals surface area contributed by atoms with Crippen LogP contribution in [0.4, 0.5) is 0 Å². The molecule has 0 bridgehead atoms. The molecule has 0 spiro atoms. The Kier molecular flexibility index (Phi) is 1.72. The first kappa shape index (κ1) is 4.59. The lowest BCUT2D eigenvalue weighted by atomic mass is 10.8. The smallest absolute Gasteiger partial charge is 0.209 e. The van der Waals surface area contributed by atoms with Crippen molar-refractivity contribution in [1.29, 1.82) is 0 Å². The lowest BCUT2D eigenvalue weighted by molar-refractivity contribution is -0.131. The predicted molar refractivity (Wildman–Crippen MR) is 14.3 cm³/mol. The summed E-state index contributed by atoms with van der Waals surface area (Å²) in [5.41, 5.74) is 0. The summed E-state index contributed by atoms with van der Waals surface area (Å²) in [4.78, 5) is 9.00. The molecule has 30 valence electrons. The van der Waals surface area contributed by atoms with Crippen LogP contribution in [0.15, 0.2) is 0 Å². The maximum atomic E-state index is 9.00. The van der Waals surface area contributed by atoms with Crippen LogP contribution in [0.5, 0.6) is 0 Å². The molecule has 0 atom stereocenters. The molecule has 0 unspecified atom stereocenters. The number of hydrogen-bond acceptors (Lipinski definition) is 3. The third kappa shape index (κ3) is 3.59. The second-order valence-corrected chi connectivity index (χ2v) is 0.550. The second-order valence-electron chi connectivity index (χ2n) is 0.550. The fourth-order valence-corrected chi connectivity index (χ4v) is 0. The minimum Gasteiger partial charge on any atom is -0.362 e. The zero-order chi connectivity index (χ0) is 4.28. The maximum Gasteiger partial charge on any atom is 0.209 e. The minimum atomic E-state index is -1.80. The van der Waals surface area contributed by atoms with Gasteiger partial charge in [-0.3, -0.25) is 4.79 Å². The van der Waals surface area contributed by atoms with E-state index in [4.69, 9.17) is 15.0 Å². The molecule has 0 radical (unpaired) electrons. The van der Waals surface area contributed by atoms with Crippen molar-refractivity contribution in [2.75, 3.05) is 0 Å². The average Bonchev–Trinajstić information content (AvgIpc) is 1.38. The number of carbonyl (C=O) groups excluding carboxylic acids is 1. The summed E-state index contributed by atoms with van der Waals surface area (Å²) in [6.07, 6.45) is -1.77. The van der Waals surface area contributed by atoms with Crippen molar-refractivity contribution in [3.05, 3.63) is 0 Å². The zero-order valence-electron chi connectivity index (χ0n) is 2.46. The quantitative estimate of drug-likeness (QED) is 0.295. The lowest BCUT2D eigenvalue weighted by Gasteiger charge is -1.80. The van der Waals surface area contributed by atoms with Gasteiger partial charge in [0.05, 0.1) is 0 Å². The Bertz CT molecular complexity index is 31.9. The van der Waals surface area contributed by atoms with Gasteiger partial charge in [0, 0.05) is 0 Å². The summed E-state index contributed by atoms with van der Waals surface area (Å²) in [7, 11) is 0. The molecular formula is C2H4O3. The van der Waals surface area contributed by atoms with Crippen molar-refractivity contribution in [1.82, 2.24) is 0 Å². The van der Waals surface area contributed by atoms with Gasteiger partial charge in [0.15, 0.2) is 6.29 Å². The monoisotopic (exact) mass is 76.0 g/mol. The molecule has 0 amide bonds. The highest BCUT2D eigenvalue weighted by atomic mass is 16.5. The molecule has 0 rings (SSSR count). The summed E-state index contributed by atoms with van der Waals surface area (Å²) in [5, 5.41) is 15.1. The molecule has 3 heteroatoms. The fourth-order valence-electron chi connectivity index (χ4n) is 0. The fraction of sp³-hybridized carbons (Fsp3) is 0.500. The average molecular weight is 76.1 g/mol. The molecule has 0 aliphatic rings. The molecule has 0 aliphatic heterocycles. The largest absolute Gasteiger partial charge is 0.362 e. The van der Waals surface area contributed by atoms with Crippen molar-refractivity contribution in [3.63, 3.8) is 0 Å². The second kappa shape index (κ2) is 1.87. The number of rotatable bonds is 1. The normalized spacial score (nSPS) is 8.60. The summed E-state index contributed by atoms with van der Waals surface area (Å²) >= 11 is 0. The first-order valence-electron chi connectivity index (χ1n) is 1.09. The van der Waals surface area contributed by atoms with Gasteiger partial charge in [-0.25, -0.2) is 0 Å². The predicted octanol–water partition coefficient (Wildman–Crippen LogP) is -1.50. The van der Waals surface area contributed by atoms with E-state index in [2.05, 4.69) is 0 Å². The molecule has 0 saturated carbocycles. The number of hydrogen-bond donors (Lipinski definition) is 2. The molecule has 0 aromatic heterocycles. The minimum absolute atomic E-state index is 0.0278. The van der Waals surface area contributed by atoms with Gasteiger partial charge in [-0.15, -0.1) is 0 Å². The summed E-state index contributed by atoms with van der Waals surface area (Å²) in [6, 6.07) is 0. The van der Waals surface area contributed by atoms with Crippen LogP contribution in [0.3, 0.4) is 0 Å². The van der Waals surface area contributed by atoms with Gasteiger partial charge in [0.2, 0.25) is 6.29 Å². The summed E-state index contributed by atoms with van der Waals surface area (Å²) in [6.45, 7) is 0. The Balaban J connectivity index is 2.83. The molecule has 0 aromatic rings. The molecule has 0 aliphatic carbocycles. The topological polar surface area (TPSA) is 57.5 Å². The van der Waals surface area contributed by atoms with E-state index in [1.165, 1.54) is 0 Å². The van der Waals surface area contributed by atoms with Crippen LogP contribution in [0, 0.1) is 0 Å². The van der Waals surface area contributed by atoms with Gasteiger partial charge in [0.25, 0.3) is 0 Å². The molecule has 0 aromatic carbocycles. The third-order valence-electron chi connectivity index (χ3n) is 0.122. The van der Waals surface area contributed by atoms with Crippen LogP contribution in [0.25, 0.3) is 0 Å². The molecule has 0 saturated heterocycles. The molecule has 0 fully saturated rings. The number of aldehydes is 1. The number of aliphatic hydroxyl groups is 2. The summed E-state index contributed by atoms with van der Waals surface area (Å²) in [5.74, 6) is 0. The van der Waals surface area contributed by atoms with E-state index in [-0.39, 0.29) is 6.29 Å². The van der Waals surface area contributed by atoms with Crippen molar-refractivity contribution in [3.8, 4) is 0 Å². The Morgan fingerprint density at radius 1 is 1.60 bits per heavy atom. The third-order valence-corrected chi connectivity index (χ3v) is 0.122. The molecular weight excluding hydrogens is 72.0 g/mol. The standard InChI is InChI=1S/C2H4O3/c3-1-2(4)5/h1-2,4-5H. The number of aliphatic hydroxyl groups excluding tert-OH is 1. The van der Waals surface area contributed by atoms with Crippen molar-refractivity contribution >= 4 is 6.29 Å². The summed E-state index contributed by atoms with van der Waals surface area (Å²) < 4.78 is 0. The van der Waals surface area contributed by atoms with Crippen molar-refractivity contribution < 1.29 is 15.0 Å². The van der Waals surface area contributed by atoms with E-state index in [1.54, 1.807) is 0 Å². The lowest BCUT2D eigenvalue weighted by Crippen LogP contribution is -2.03. The van der Waals surface area contributed by atoms with E-state index in [0.29, 0.717) is 0 Å². The van der Waals surface area contributed by atoms with Crippen LogP contribution in [0.2, 0.25) is 0 Å². The van der Waals surface area contributed by atoms with Crippen LogP contribution in [0.1, 0.15) is 0 Å². The van der Waals surface area contributed by atoms with Crippen molar-refractivity contribution in [2.24, 2.45) is 0 Å². The van der Waals surface area contributed by atoms with Crippen LogP contribution >= 0.6 is 0 Å². The van der Waals surface area contributed by atoms with E-state index in [9.17, 15) is 0 Å². The van der Waals surface area contributed by atoms with Crippen LogP contribution in [-0.4, -0.2) is 22.8 Å². The number of carbonyl (C=O) groups is 1. The molecule has 2 N–H and O–H groups in total. The molecule has 3 nitrogen and oxygen atoms in total. The van der Waals surface area contributed by atoms with E-state index < -0.39 is 6.29 Å². The Labute approximate surface area is 28.9 Å². The first-order chi connectivity index (χ1) is 2.27. The van der Waals surface area contributed by atoms with E-state index >= 15 is 0 Å². The molecule has 5 heavy (non-hydrogen) atoms. The Morgan fingerprint density at radius 3 is 1.80 bits per heavy atom.